The van der Waals surface area contributed by atoms with Crippen molar-refractivity contribution in [2.75, 3.05) is 74.2 Å². The highest BCUT2D eigenvalue weighted by molar-refractivity contribution is 6.00. The average molecular weight is 1420 g/mol. The monoisotopic (exact) mass is 1420 g/mol. The number of esters is 7. The standard InChI is InChI=1S/C80H104O22/c1-10-14-18-26-66(81)54-38-58-46-60-40-55(67(82)27-19-15-11-2)42-62(77(60)99-34-23-31-96-74(89)51-71(86)93-8)48-64-44-57(69(84)29-21-17-13-4)45-65(79(64)101-36-25-37-102-80(91)53(5)6)49-63-43-56(68(83)28-20-16-12-3)41-61(78(63)100-35-24-32-97-75(90)52-72(87)94-9)47-59(39-54)76(58)98-33-22-30-95-73(88)50-70(85)92-7/h38-45H,5,10-37,46-52H2,1-4,6-9H3. The second-order valence-electron chi connectivity index (χ2n) is 25.4. The second kappa shape index (κ2) is 45.6. The topological polar surface area (TPSA) is 289 Å². The lowest BCUT2D eigenvalue weighted by Crippen LogP contribution is -2.16. The molecule has 556 valence electrons. The molecule has 102 heavy (non-hydrogen) atoms. The molecule has 22 nitrogen and oxygen atoms in total. The Morgan fingerprint density at radius 3 is 0.716 bits per heavy atom. The number of rotatable bonds is 47. The zero-order chi connectivity index (χ0) is 74.3. The van der Waals surface area contributed by atoms with Gasteiger partial charge in [-0.1, -0.05) is 85.6 Å². The molecule has 0 atom stereocenters. The van der Waals surface area contributed by atoms with E-state index in [1.165, 1.54) is 0 Å². The van der Waals surface area contributed by atoms with E-state index < -0.39 is 61.0 Å². The van der Waals surface area contributed by atoms with Gasteiger partial charge in [0.2, 0.25) is 0 Å². The van der Waals surface area contributed by atoms with Gasteiger partial charge in [-0.15, -0.1) is 0 Å². The summed E-state index contributed by atoms with van der Waals surface area (Å²) < 4.78 is 63.6. The molecule has 1 aliphatic carbocycles. The minimum Gasteiger partial charge on any atom is -0.493 e. The highest BCUT2D eigenvalue weighted by Crippen LogP contribution is 2.42. The summed E-state index contributed by atoms with van der Waals surface area (Å²) in [7, 11) is 3.49. The third-order valence-electron chi connectivity index (χ3n) is 16.9. The zero-order valence-electron chi connectivity index (χ0n) is 61.1. The lowest BCUT2D eigenvalue weighted by molar-refractivity contribution is -0.155. The van der Waals surface area contributed by atoms with Crippen molar-refractivity contribution < 1.29 is 105 Å². The fraction of sp³-hybridized carbons (Fsp3) is 0.537. The summed E-state index contributed by atoms with van der Waals surface area (Å²) in [5.41, 5.74) is 5.52. The first-order valence-corrected chi connectivity index (χ1v) is 35.9. The number of hydrogen-bond acceptors (Lipinski definition) is 22. The van der Waals surface area contributed by atoms with Crippen LogP contribution in [0.15, 0.2) is 60.7 Å². The van der Waals surface area contributed by atoms with Gasteiger partial charge in [0.25, 0.3) is 0 Å². The number of carbonyl (C=O) groups is 11. The first kappa shape index (κ1) is 83.5. The Morgan fingerprint density at radius 2 is 0.520 bits per heavy atom. The van der Waals surface area contributed by atoms with E-state index in [0.717, 1.165) is 72.7 Å². The number of fused-ring (bicyclic) bond motifs is 8. The molecule has 0 saturated heterocycles. The summed E-state index contributed by atoms with van der Waals surface area (Å²) in [5.74, 6) is -4.63. The number of ether oxygens (including phenoxy) is 11. The van der Waals surface area contributed by atoms with Gasteiger partial charge < -0.3 is 52.1 Å². The number of carbonyl (C=O) groups excluding carboxylic acids is 11. The molecule has 0 N–H and O–H groups in total. The number of hydrogen-bond donors (Lipinski definition) is 0. The minimum atomic E-state index is -0.804. The van der Waals surface area contributed by atoms with Crippen molar-refractivity contribution in [2.45, 2.75) is 208 Å². The highest BCUT2D eigenvalue weighted by Gasteiger charge is 2.29. The lowest BCUT2D eigenvalue weighted by atomic mass is 9.86. The van der Waals surface area contributed by atoms with Gasteiger partial charge in [-0.2, -0.15) is 0 Å². The molecule has 0 spiro atoms. The van der Waals surface area contributed by atoms with Crippen LogP contribution in [0.5, 0.6) is 23.0 Å². The van der Waals surface area contributed by atoms with E-state index in [2.05, 4.69) is 20.8 Å². The van der Waals surface area contributed by atoms with Crippen LogP contribution in [-0.4, -0.2) is 139 Å². The minimum absolute atomic E-state index is 0.00136. The van der Waals surface area contributed by atoms with Gasteiger partial charge in [-0.25, -0.2) is 4.79 Å². The van der Waals surface area contributed by atoms with Gasteiger partial charge >= 0.3 is 41.8 Å². The van der Waals surface area contributed by atoms with E-state index in [1.807, 2.05) is 27.7 Å². The first-order chi connectivity index (χ1) is 49.2. The molecule has 0 aliphatic heterocycles. The Kier molecular flexibility index (Phi) is 37.3. The third kappa shape index (κ3) is 28.3. The average Bonchev–Trinajstić information content (AvgIpc) is 0.771. The molecule has 8 bridgehead atoms. The molecule has 0 fully saturated rings. The van der Waals surface area contributed by atoms with E-state index >= 15 is 0 Å². The van der Waals surface area contributed by atoms with Crippen LogP contribution in [0.25, 0.3) is 0 Å². The molecular weight excluding hydrogens is 1310 g/mol. The summed E-state index contributed by atoms with van der Waals surface area (Å²) in [5, 5.41) is 0. The fourth-order valence-corrected chi connectivity index (χ4v) is 11.5. The summed E-state index contributed by atoms with van der Waals surface area (Å²) in [4.78, 5) is 146. The largest absolute Gasteiger partial charge is 0.493 e. The molecule has 0 amide bonds. The normalized spacial score (nSPS) is 11.5. The van der Waals surface area contributed by atoms with Gasteiger partial charge in [0.15, 0.2) is 23.1 Å². The highest BCUT2D eigenvalue weighted by atomic mass is 16.6. The maximum Gasteiger partial charge on any atom is 0.333 e. The van der Waals surface area contributed by atoms with Gasteiger partial charge in [0, 0.05) is 105 Å². The number of Topliss-reactive ketones (excluding diaryl/α,β-unsaturated/α-hetero) is 4. The van der Waals surface area contributed by atoms with Crippen LogP contribution in [0.2, 0.25) is 0 Å². The van der Waals surface area contributed by atoms with Crippen molar-refractivity contribution in [3.05, 3.63) is 127 Å². The van der Waals surface area contributed by atoms with Crippen LogP contribution in [0.1, 0.15) is 268 Å². The molecule has 1 aliphatic rings. The summed E-state index contributed by atoms with van der Waals surface area (Å²) in [6.45, 7) is 12.8. The predicted molar refractivity (Wildman–Crippen MR) is 380 cm³/mol. The molecule has 4 aromatic carbocycles. The van der Waals surface area contributed by atoms with E-state index in [-0.39, 0.29) is 159 Å². The molecule has 5 rings (SSSR count). The molecule has 0 radical (unpaired) electrons. The Hall–Kier alpha value is -9.21. The quantitative estimate of drug-likeness (QED) is 0.00873. The number of ketones is 4. The van der Waals surface area contributed by atoms with Crippen LogP contribution >= 0.6 is 0 Å². The number of benzene rings is 4. The van der Waals surface area contributed by atoms with Crippen LogP contribution < -0.4 is 18.9 Å². The van der Waals surface area contributed by atoms with E-state index in [4.69, 9.17) is 37.9 Å². The number of unbranched alkanes of at least 4 members (excludes halogenated alkanes) is 8. The van der Waals surface area contributed by atoms with Crippen molar-refractivity contribution in [3.63, 3.8) is 0 Å². The van der Waals surface area contributed by atoms with E-state index in [9.17, 15) is 52.7 Å². The van der Waals surface area contributed by atoms with Crippen LogP contribution in [0.3, 0.4) is 0 Å². The van der Waals surface area contributed by atoms with Gasteiger partial charge in [-0.3, -0.25) is 47.9 Å². The SMILES string of the molecule is C=C(C)C(=O)OCCCOc1c2cc(C(=O)CCCCC)cc1Cc1cc(C(=O)CCCCC)cc(c1OCCCOC(=O)CC(=O)OC)Cc1cc(C(=O)CCCCC)cc(c1OCCCOC(=O)CC(=O)OC)Cc1cc(C(=O)CCCCC)cc(c1OCCCOC(=O)CC(=O)OC)C2. The van der Waals surface area contributed by atoms with Crippen molar-refractivity contribution in [2.24, 2.45) is 0 Å². The Morgan fingerprint density at radius 1 is 0.304 bits per heavy atom. The molecule has 22 heteroatoms. The zero-order valence-corrected chi connectivity index (χ0v) is 61.1. The van der Waals surface area contributed by atoms with Crippen LogP contribution in [0, 0.1) is 0 Å². The van der Waals surface area contributed by atoms with E-state index in [1.54, 1.807) is 55.5 Å². The summed E-state index contributed by atoms with van der Waals surface area (Å²) in [6, 6.07) is 14.2. The van der Waals surface area contributed by atoms with Gasteiger partial charge in [0.05, 0.1) is 74.2 Å². The molecule has 4 aromatic rings. The third-order valence-corrected chi connectivity index (χ3v) is 16.9. The molecular formula is C80H104O22. The van der Waals surface area contributed by atoms with Crippen molar-refractivity contribution in [1.82, 2.24) is 0 Å². The van der Waals surface area contributed by atoms with Crippen LogP contribution in [0.4, 0.5) is 0 Å². The maximum absolute atomic E-state index is 14.9. The van der Waals surface area contributed by atoms with Gasteiger partial charge in [0.1, 0.15) is 42.3 Å². The first-order valence-electron chi connectivity index (χ1n) is 35.9. The molecule has 0 unspecified atom stereocenters. The lowest BCUT2D eigenvalue weighted by Gasteiger charge is -2.25. The maximum atomic E-state index is 14.9. The van der Waals surface area contributed by atoms with E-state index in [0.29, 0.717) is 115 Å². The fourth-order valence-electron chi connectivity index (χ4n) is 11.5. The Labute approximate surface area is 599 Å². The molecule has 0 aromatic heterocycles. The number of methoxy groups -OCH3 is 3. The van der Waals surface area contributed by atoms with Crippen molar-refractivity contribution in [1.29, 1.82) is 0 Å². The van der Waals surface area contributed by atoms with Gasteiger partial charge in [-0.05, 0) is 126 Å². The smallest absolute Gasteiger partial charge is 0.333 e. The second-order valence-corrected chi connectivity index (χ2v) is 25.4. The van der Waals surface area contributed by atoms with Crippen molar-refractivity contribution >= 4 is 64.9 Å². The van der Waals surface area contributed by atoms with Crippen molar-refractivity contribution in [3.8, 4) is 23.0 Å². The molecule has 0 saturated carbocycles. The Balaban J connectivity index is 1.98. The summed E-state index contributed by atoms with van der Waals surface area (Å²) in [6.07, 6.45) is 8.40. The Bertz CT molecular complexity index is 3380. The predicted octanol–water partition coefficient (Wildman–Crippen LogP) is 13.9. The van der Waals surface area contributed by atoms with Crippen LogP contribution in [-0.2, 0) is 92.4 Å². The summed E-state index contributed by atoms with van der Waals surface area (Å²) >= 11 is 0. The molecule has 0 heterocycles.